The molecule has 0 spiro atoms. The van der Waals surface area contributed by atoms with Gasteiger partial charge in [0.05, 0.1) is 15.7 Å². The first-order valence-electron chi connectivity index (χ1n) is 6.75. The second-order valence-electron chi connectivity index (χ2n) is 4.89. The van der Waals surface area contributed by atoms with Gasteiger partial charge >= 0.3 is 0 Å². The number of halogens is 2. The summed E-state index contributed by atoms with van der Waals surface area (Å²) in [5.41, 5.74) is 0.442. The van der Waals surface area contributed by atoms with Crippen molar-refractivity contribution in [3.8, 4) is 0 Å². The molecule has 0 aliphatic heterocycles. The number of nitrogens with one attached hydrogen (secondary N) is 1. The van der Waals surface area contributed by atoms with Crippen LogP contribution in [0.25, 0.3) is 10.8 Å². The zero-order valence-electron chi connectivity index (χ0n) is 11.6. The van der Waals surface area contributed by atoms with Gasteiger partial charge in [-0.1, -0.05) is 47.5 Å². The van der Waals surface area contributed by atoms with E-state index in [0.717, 1.165) is 10.8 Å². The molecule has 3 rings (SSSR count). The molecule has 22 heavy (non-hydrogen) atoms. The summed E-state index contributed by atoms with van der Waals surface area (Å²) in [7, 11) is 0. The molecule has 0 fully saturated rings. The van der Waals surface area contributed by atoms with E-state index in [1.54, 1.807) is 18.2 Å². The monoisotopic (exact) mass is 331 g/mol. The molecule has 1 amide bonds. The molecule has 3 nitrogen and oxygen atoms in total. The number of fused-ring (bicyclic) bond motifs is 1. The number of nitrogens with zero attached hydrogens (tertiary/aromatic N) is 1. The van der Waals surface area contributed by atoms with Gasteiger partial charge in [-0.2, -0.15) is 4.57 Å². The van der Waals surface area contributed by atoms with Crippen molar-refractivity contribution < 1.29 is 9.36 Å². The molecular weight excluding hydrogens is 319 g/mol. The van der Waals surface area contributed by atoms with Gasteiger partial charge < -0.3 is 5.32 Å². The highest BCUT2D eigenvalue weighted by atomic mass is 35.5. The van der Waals surface area contributed by atoms with Gasteiger partial charge in [0.15, 0.2) is 12.4 Å². The van der Waals surface area contributed by atoms with Crippen LogP contribution in [0, 0.1) is 0 Å². The van der Waals surface area contributed by atoms with Gasteiger partial charge in [0.1, 0.15) is 0 Å². The largest absolute Gasteiger partial charge is 0.318 e. The number of aromatic nitrogens is 1. The number of anilines is 1. The molecule has 0 bridgehead atoms. The summed E-state index contributed by atoms with van der Waals surface area (Å²) in [6.07, 6.45) is 3.80. The molecule has 110 valence electrons. The van der Waals surface area contributed by atoms with Gasteiger partial charge in [-0.05, 0) is 23.6 Å². The number of hydrogen-bond donors (Lipinski definition) is 1. The molecule has 1 heterocycles. The lowest BCUT2D eigenvalue weighted by molar-refractivity contribution is -0.682. The predicted molar refractivity (Wildman–Crippen MR) is 89.2 cm³/mol. The highest BCUT2D eigenvalue weighted by Crippen LogP contribution is 2.29. The third-order valence-corrected chi connectivity index (χ3v) is 3.93. The molecule has 0 saturated carbocycles. The molecule has 0 atom stereocenters. The average molecular weight is 332 g/mol. The van der Waals surface area contributed by atoms with Crippen LogP contribution in [0.1, 0.15) is 0 Å². The van der Waals surface area contributed by atoms with Crippen LogP contribution in [0.5, 0.6) is 0 Å². The predicted octanol–water partition coefficient (Wildman–Crippen LogP) is 4.07. The van der Waals surface area contributed by atoms with Gasteiger partial charge in [-0.25, -0.2) is 0 Å². The number of pyridine rings is 1. The maximum Gasteiger partial charge on any atom is 0.290 e. The van der Waals surface area contributed by atoms with Crippen LogP contribution in [0.2, 0.25) is 10.0 Å². The first-order valence-corrected chi connectivity index (χ1v) is 7.51. The smallest absolute Gasteiger partial charge is 0.290 e. The number of para-hydroxylation sites is 1. The minimum atomic E-state index is -0.185. The van der Waals surface area contributed by atoms with E-state index in [1.165, 1.54) is 0 Å². The number of carbonyl (C=O) groups excluding carboxylic acids is 1. The van der Waals surface area contributed by atoms with Crippen LogP contribution in [-0.4, -0.2) is 5.91 Å². The van der Waals surface area contributed by atoms with E-state index in [2.05, 4.69) is 5.32 Å². The fourth-order valence-corrected chi connectivity index (χ4v) is 2.73. The van der Waals surface area contributed by atoms with Crippen molar-refractivity contribution in [2.24, 2.45) is 0 Å². The molecule has 0 aliphatic carbocycles. The first kappa shape index (κ1) is 14.8. The Kier molecular flexibility index (Phi) is 4.27. The third-order valence-electron chi connectivity index (χ3n) is 3.30. The summed E-state index contributed by atoms with van der Waals surface area (Å²) in [5.74, 6) is -0.185. The van der Waals surface area contributed by atoms with E-state index < -0.39 is 0 Å². The summed E-state index contributed by atoms with van der Waals surface area (Å²) < 4.78 is 1.82. The Morgan fingerprint density at radius 1 is 0.955 bits per heavy atom. The molecule has 0 unspecified atom stereocenters. The standard InChI is InChI=1S/C17H12Cl2N2O/c18-14-6-3-7-15(19)17(14)20-16(22)11-21-9-8-12-4-1-2-5-13(12)10-21/h1-10H,11H2/p+1. The second kappa shape index (κ2) is 6.34. The SMILES string of the molecule is O=C(C[n+]1ccc2ccccc2c1)Nc1c(Cl)cccc1Cl. The van der Waals surface area contributed by atoms with Crippen LogP contribution in [-0.2, 0) is 11.3 Å². The Morgan fingerprint density at radius 2 is 1.64 bits per heavy atom. The average Bonchev–Trinajstić information content (AvgIpc) is 2.51. The van der Waals surface area contributed by atoms with Gasteiger partial charge in [0.25, 0.3) is 5.91 Å². The van der Waals surface area contributed by atoms with Crippen molar-refractivity contribution in [2.75, 3.05) is 5.32 Å². The van der Waals surface area contributed by atoms with Crippen LogP contribution < -0.4 is 9.88 Å². The van der Waals surface area contributed by atoms with Gasteiger partial charge in [-0.15, -0.1) is 0 Å². The zero-order chi connectivity index (χ0) is 15.5. The number of hydrogen-bond acceptors (Lipinski definition) is 1. The first-order chi connectivity index (χ1) is 10.6. The lowest BCUT2D eigenvalue weighted by Crippen LogP contribution is -2.39. The van der Waals surface area contributed by atoms with Crippen molar-refractivity contribution in [3.63, 3.8) is 0 Å². The van der Waals surface area contributed by atoms with E-state index >= 15 is 0 Å². The second-order valence-corrected chi connectivity index (χ2v) is 5.71. The molecule has 0 aliphatic rings. The summed E-state index contributed by atoms with van der Waals surface area (Å²) in [4.78, 5) is 12.2. The van der Waals surface area contributed by atoms with Crippen LogP contribution in [0.15, 0.2) is 60.9 Å². The maximum atomic E-state index is 12.2. The highest BCUT2D eigenvalue weighted by molar-refractivity contribution is 6.39. The fourth-order valence-electron chi connectivity index (χ4n) is 2.24. The maximum absolute atomic E-state index is 12.2. The fraction of sp³-hybridized carbons (Fsp3) is 0.0588. The molecule has 1 N–H and O–H groups in total. The number of benzene rings is 2. The van der Waals surface area contributed by atoms with Crippen molar-refractivity contribution in [2.45, 2.75) is 6.54 Å². The van der Waals surface area contributed by atoms with E-state index in [9.17, 15) is 4.79 Å². The molecule has 1 aromatic heterocycles. The van der Waals surface area contributed by atoms with Crippen molar-refractivity contribution in [1.82, 2.24) is 0 Å². The lowest BCUT2D eigenvalue weighted by Gasteiger charge is -2.07. The van der Waals surface area contributed by atoms with Crippen LogP contribution in [0.3, 0.4) is 0 Å². The molecule has 2 aromatic carbocycles. The minimum absolute atomic E-state index is 0.185. The van der Waals surface area contributed by atoms with Crippen LogP contribution in [0.4, 0.5) is 5.69 Å². The Bertz CT molecular complexity index is 829. The summed E-state index contributed by atoms with van der Waals surface area (Å²) in [5, 5.41) is 5.80. The Labute approximate surface area is 138 Å². The van der Waals surface area contributed by atoms with E-state index in [-0.39, 0.29) is 12.5 Å². The lowest BCUT2D eigenvalue weighted by atomic mass is 10.2. The zero-order valence-corrected chi connectivity index (χ0v) is 13.1. The number of carbonyl (C=O) groups is 1. The molecular formula is C17H13Cl2N2O+. The van der Waals surface area contributed by atoms with Gasteiger partial charge in [0, 0.05) is 11.5 Å². The molecule has 5 heteroatoms. The topological polar surface area (TPSA) is 33.0 Å². The van der Waals surface area contributed by atoms with Crippen molar-refractivity contribution in [1.29, 1.82) is 0 Å². The number of amides is 1. The van der Waals surface area contributed by atoms with E-state index in [4.69, 9.17) is 23.2 Å². The van der Waals surface area contributed by atoms with Crippen molar-refractivity contribution >= 4 is 45.6 Å². The normalized spacial score (nSPS) is 10.6. The molecule has 3 aromatic rings. The quantitative estimate of drug-likeness (QED) is 0.721. The van der Waals surface area contributed by atoms with E-state index in [0.29, 0.717) is 15.7 Å². The summed E-state index contributed by atoms with van der Waals surface area (Å²) in [6, 6.07) is 15.1. The molecule has 0 radical (unpaired) electrons. The van der Waals surface area contributed by atoms with Crippen LogP contribution >= 0.6 is 23.2 Å². The Balaban J connectivity index is 1.78. The summed E-state index contributed by atoms with van der Waals surface area (Å²) >= 11 is 12.1. The third kappa shape index (κ3) is 3.21. The summed E-state index contributed by atoms with van der Waals surface area (Å²) in [6.45, 7) is 0.187. The number of rotatable bonds is 3. The highest BCUT2D eigenvalue weighted by Gasteiger charge is 2.14. The molecule has 0 saturated heterocycles. The van der Waals surface area contributed by atoms with E-state index in [1.807, 2.05) is 47.3 Å². The Morgan fingerprint density at radius 3 is 2.36 bits per heavy atom. The van der Waals surface area contributed by atoms with Gasteiger partial charge in [-0.3, -0.25) is 4.79 Å². The Hall–Kier alpha value is -2.10. The van der Waals surface area contributed by atoms with Crippen molar-refractivity contribution in [3.05, 3.63) is 71.0 Å². The minimum Gasteiger partial charge on any atom is -0.318 e. The van der Waals surface area contributed by atoms with Gasteiger partial charge in [0.2, 0.25) is 6.54 Å².